The Balaban J connectivity index is 1.52. The average molecular weight is 468 g/mol. The molecule has 2 aromatic heterocycles. The van der Waals surface area contributed by atoms with Gasteiger partial charge in [0.1, 0.15) is 4.90 Å². The number of nitrogens with zero attached hydrogens (tertiary/aromatic N) is 4. The van der Waals surface area contributed by atoms with Gasteiger partial charge in [0.05, 0.1) is 22.8 Å². The van der Waals surface area contributed by atoms with Crippen LogP contribution < -0.4 is 5.32 Å². The number of fused-ring (bicyclic) bond motifs is 1. The van der Waals surface area contributed by atoms with Crippen molar-refractivity contribution < 1.29 is 13.2 Å². The molecule has 1 aromatic carbocycles. The molecular formula is C24H29N5O3S. The summed E-state index contributed by atoms with van der Waals surface area (Å²) >= 11 is 0. The van der Waals surface area contributed by atoms with Crippen molar-refractivity contribution in [3.05, 3.63) is 47.8 Å². The molecule has 3 heterocycles. The highest BCUT2D eigenvalue weighted by Gasteiger charge is 2.30. The first kappa shape index (κ1) is 22.0. The molecule has 0 bridgehead atoms. The number of carbonyl (C=O) groups is 1. The largest absolute Gasteiger partial charge is 0.321 e. The Hall–Kier alpha value is -2.78. The highest BCUT2D eigenvalue weighted by molar-refractivity contribution is 7.89. The van der Waals surface area contributed by atoms with E-state index in [0.717, 1.165) is 37.8 Å². The van der Waals surface area contributed by atoms with Crippen LogP contribution in [0.15, 0.2) is 41.4 Å². The van der Waals surface area contributed by atoms with Gasteiger partial charge in [-0.15, -0.1) is 0 Å². The molecule has 3 aromatic rings. The normalized spacial score (nSPS) is 17.5. The van der Waals surface area contributed by atoms with E-state index in [4.69, 9.17) is 4.98 Å². The van der Waals surface area contributed by atoms with E-state index >= 15 is 0 Å². The van der Waals surface area contributed by atoms with E-state index in [-0.39, 0.29) is 16.8 Å². The maximum absolute atomic E-state index is 13.5. The second kappa shape index (κ2) is 8.53. The van der Waals surface area contributed by atoms with Crippen LogP contribution in [0.5, 0.6) is 0 Å². The minimum Gasteiger partial charge on any atom is -0.321 e. The second-order valence-electron chi connectivity index (χ2n) is 9.20. The van der Waals surface area contributed by atoms with Crippen LogP contribution in [0, 0.1) is 0 Å². The molecule has 1 aliphatic heterocycles. The number of aromatic nitrogens is 3. The lowest BCUT2D eigenvalue weighted by Gasteiger charge is -2.26. The van der Waals surface area contributed by atoms with Crippen LogP contribution in [-0.4, -0.2) is 46.5 Å². The predicted octanol–water partition coefficient (Wildman–Crippen LogP) is 4.32. The molecule has 0 unspecified atom stereocenters. The molecular weight excluding hydrogens is 438 g/mol. The maximum Gasteiger partial charge on any atom is 0.256 e. The first-order valence-electron chi connectivity index (χ1n) is 11.6. The molecule has 1 saturated heterocycles. The number of nitrogens with one attached hydrogen (secondary N) is 1. The van der Waals surface area contributed by atoms with Gasteiger partial charge < -0.3 is 5.32 Å². The molecule has 5 rings (SSSR count). The highest BCUT2D eigenvalue weighted by atomic mass is 32.2. The van der Waals surface area contributed by atoms with Gasteiger partial charge in [-0.2, -0.15) is 9.40 Å². The molecule has 0 radical (unpaired) electrons. The average Bonchev–Trinajstić information content (AvgIpc) is 3.57. The van der Waals surface area contributed by atoms with Crippen LogP contribution in [0.25, 0.3) is 11.0 Å². The van der Waals surface area contributed by atoms with Crippen molar-refractivity contribution in [3.63, 3.8) is 0 Å². The standard InChI is InChI=1S/C24H29N5O3S/c1-16(2)29-23-19(15-25-29)18(14-21(26-23)17-10-11-17)24(30)27-20-8-4-5-9-22(20)33(31,32)28-12-6-3-7-13-28/h4-5,8-9,14-17H,3,6-7,10-13H2,1-2H3,(H,27,30). The summed E-state index contributed by atoms with van der Waals surface area (Å²) in [4.78, 5) is 18.4. The molecule has 9 heteroatoms. The SMILES string of the molecule is CC(C)n1ncc2c(C(=O)Nc3ccccc3S(=O)(=O)N3CCCCC3)cc(C3CC3)nc21. The van der Waals surface area contributed by atoms with Gasteiger partial charge in [-0.1, -0.05) is 18.6 Å². The number of hydrogen-bond donors (Lipinski definition) is 1. The van der Waals surface area contributed by atoms with E-state index in [0.29, 0.717) is 41.3 Å². The minimum atomic E-state index is -3.69. The van der Waals surface area contributed by atoms with Gasteiger partial charge in [0.15, 0.2) is 5.65 Å². The second-order valence-corrected chi connectivity index (χ2v) is 11.1. The summed E-state index contributed by atoms with van der Waals surface area (Å²) in [5.74, 6) is 0.0112. The molecule has 0 atom stereocenters. The van der Waals surface area contributed by atoms with Crippen molar-refractivity contribution in [3.8, 4) is 0 Å². The Morgan fingerprint density at radius 3 is 2.55 bits per heavy atom. The Kier molecular flexibility index (Phi) is 5.70. The third-order valence-electron chi connectivity index (χ3n) is 6.38. The zero-order valence-electron chi connectivity index (χ0n) is 19.0. The number of carbonyl (C=O) groups excluding carboxylic acids is 1. The number of anilines is 1. The molecule has 1 aliphatic carbocycles. The van der Waals surface area contributed by atoms with Crippen LogP contribution >= 0.6 is 0 Å². The van der Waals surface area contributed by atoms with E-state index < -0.39 is 10.0 Å². The van der Waals surface area contributed by atoms with Crippen molar-refractivity contribution >= 4 is 32.7 Å². The van der Waals surface area contributed by atoms with Gasteiger partial charge in [-0.05, 0) is 57.7 Å². The molecule has 1 N–H and O–H groups in total. The maximum atomic E-state index is 13.5. The highest BCUT2D eigenvalue weighted by Crippen LogP contribution is 2.40. The Labute approximate surface area is 194 Å². The fourth-order valence-electron chi connectivity index (χ4n) is 4.42. The van der Waals surface area contributed by atoms with E-state index in [1.807, 2.05) is 24.6 Å². The van der Waals surface area contributed by atoms with E-state index in [1.165, 1.54) is 4.31 Å². The number of benzene rings is 1. The van der Waals surface area contributed by atoms with Crippen LogP contribution in [0.3, 0.4) is 0 Å². The van der Waals surface area contributed by atoms with Crippen molar-refractivity contribution in [2.75, 3.05) is 18.4 Å². The van der Waals surface area contributed by atoms with Crippen molar-refractivity contribution in [1.29, 1.82) is 0 Å². The van der Waals surface area contributed by atoms with Crippen molar-refractivity contribution in [2.45, 2.75) is 62.8 Å². The fourth-order valence-corrected chi connectivity index (χ4v) is 6.08. The lowest BCUT2D eigenvalue weighted by atomic mass is 10.1. The smallest absolute Gasteiger partial charge is 0.256 e. The van der Waals surface area contributed by atoms with Gasteiger partial charge in [-0.3, -0.25) is 4.79 Å². The van der Waals surface area contributed by atoms with Gasteiger partial charge >= 0.3 is 0 Å². The van der Waals surface area contributed by atoms with Crippen molar-refractivity contribution in [1.82, 2.24) is 19.1 Å². The summed E-state index contributed by atoms with van der Waals surface area (Å²) in [5, 5.41) is 8.00. The molecule has 8 nitrogen and oxygen atoms in total. The van der Waals surface area contributed by atoms with E-state index in [2.05, 4.69) is 10.4 Å². The zero-order chi connectivity index (χ0) is 23.2. The third kappa shape index (κ3) is 4.15. The summed E-state index contributed by atoms with van der Waals surface area (Å²) in [6, 6.07) is 8.58. The summed E-state index contributed by atoms with van der Waals surface area (Å²) in [7, 11) is -3.69. The van der Waals surface area contributed by atoms with Gasteiger partial charge in [-0.25, -0.2) is 18.1 Å². The lowest BCUT2D eigenvalue weighted by Crippen LogP contribution is -2.36. The van der Waals surface area contributed by atoms with Crippen molar-refractivity contribution in [2.24, 2.45) is 0 Å². The molecule has 2 fully saturated rings. The first-order chi connectivity index (χ1) is 15.9. The zero-order valence-corrected chi connectivity index (χ0v) is 19.8. The lowest BCUT2D eigenvalue weighted by molar-refractivity contribution is 0.102. The molecule has 0 spiro atoms. The monoisotopic (exact) mass is 467 g/mol. The molecule has 1 saturated carbocycles. The first-order valence-corrected chi connectivity index (χ1v) is 13.1. The Bertz CT molecular complexity index is 1300. The fraction of sp³-hybridized carbons (Fsp3) is 0.458. The number of amides is 1. The number of hydrogen-bond acceptors (Lipinski definition) is 5. The number of rotatable bonds is 6. The summed E-state index contributed by atoms with van der Waals surface area (Å²) in [6.45, 7) is 5.07. The number of piperidine rings is 1. The molecule has 1 amide bonds. The summed E-state index contributed by atoms with van der Waals surface area (Å²) < 4.78 is 30.0. The topological polar surface area (TPSA) is 97.2 Å². The minimum absolute atomic E-state index is 0.107. The Morgan fingerprint density at radius 1 is 1.12 bits per heavy atom. The Morgan fingerprint density at radius 2 is 1.85 bits per heavy atom. The van der Waals surface area contributed by atoms with Gasteiger partial charge in [0.2, 0.25) is 10.0 Å². The van der Waals surface area contributed by atoms with Crippen LogP contribution in [0.2, 0.25) is 0 Å². The van der Waals surface area contributed by atoms with Gasteiger partial charge in [0.25, 0.3) is 5.91 Å². The predicted molar refractivity (Wildman–Crippen MR) is 127 cm³/mol. The van der Waals surface area contributed by atoms with Crippen LogP contribution in [-0.2, 0) is 10.0 Å². The van der Waals surface area contributed by atoms with E-state index in [1.54, 1.807) is 30.5 Å². The number of sulfonamides is 1. The number of para-hydroxylation sites is 1. The van der Waals surface area contributed by atoms with Crippen LogP contribution in [0.1, 0.15) is 74.0 Å². The quantitative estimate of drug-likeness (QED) is 0.582. The molecule has 2 aliphatic rings. The third-order valence-corrected chi connectivity index (χ3v) is 8.34. The van der Waals surface area contributed by atoms with E-state index in [9.17, 15) is 13.2 Å². The summed E-state index contributed by atoms with van der Waals surface area (Å²) in [6.07, 6.45) is 6.54. The van der Waals surface area contributed by atoms with Crippen LogP contribution in [0.4, 0.5) is 5.69 Å². The molecule has 33 heavy (non-hydrogen) atoms. The number of pyridine rings is 1. The van der Waals surface area contributed by atoms with Gasteiger partial charge in [0, 0.05) is 30.7 Å². The molecule has 174 valence electrons. The summed E-state index contributed by atoms with van der Waals surface area (Å²) in [5.41, 5.74) is 2.35.